The van der Waals surface area contributed by atoms with Crippen LogP contribution >= 0.6 is 0 Å². The van der Waals surface area contributed by atoms with Crippen molar-refractivity contribution in [3.63, 3.8) is 0 Å². The van der Waals surface area contributed by atoms with Crippen LogP contribution in [-0.2, 0) is 10.8 Å². The summed E-state index contributed by atoms with van der Waals surface area (Å²) in [5.74, 6) is -0.566. The minimum atomic E-state index is -0.566. The Hall–Kier alpha value is -15.6. The molecule has 0 N–H and O–H groups in total. The van der Waals surface area contributed by atoms with Gasteiger partial charge in [0.05, 0.1) is 46.0 Å². The fraction of sp³-hybridized carbons (Fsp3) is 0.0756. The molecule has 590 valence electrons. The van der Waals surface area contributed by atoms with Crippen molar-refractivity contribution in [2.75, 3.05) is 4.90 Å². The Morgan fingerprint density at radius 3 is 1.23 bits per heavy atom. The Balaban J connectivity index is 0.939. The second-order valence-corrected chi connectivity index (χ2v) is 35.6. The molecule has 20 aromatic rings. The van der Waals surface area contributed by atoms with Crippen LogP contribution in [-0.4, -0.2) is 15.8 Å². The molecule has 1 atom stereocenters. The molecule has 1 unspecified atom stereocenters. The summed E-state index contributed by atoms with van der Waals surface area (Å²) in [6, 6.07) is 153. The van der Waals surface area contributed by atoms with Crippen molar-refractivity contribution < 1.29 is 0 Å². The van der Waals surface area contributed by atoms with Gasteiger partial charge in [-0.2, -0.15) is 5.26 Å². The smallest absolute Gasteiger partial charge is 0.247 e. The number of nitriles is 1. The zero-order valence-corrected chi connectivity index (χ0v) is 70.6. The standard InChI is InChI=1S/C119H86BN5/c1-118(2,3)89-57-53-79(54-58-89)86-67-99(83-40-29-38-81(65-83)76-31-11-8-12-32-76)114(101(69-86)93-42-18-17-37-85(93)75-121)115-103-73-91(123-108-49-25-20-44-95(108)96-45-21-26-50-109(96)123)61-63-105(103)120-106-64-62-92(124-110-51-27-22-46-97(110)98-47-23-28-52-111(98)124)74-112(106)125(113-72-88(71-104(115)116(113)120)78-35-15-10-16-36-78)117-100(84-41-30-39-82(66-84)77-33-13-9-14-34-77)68-87(80-55-59-90(60-56-80)119(4,5)6)70-102(117)94-43-19-24-48-107(94)122-7/h8-74,115H,1-6H3. The lowest BCUT2D eigenvalue weighted by molar-refractivity contribution is 0.590. The van der Waals surface area contributed by atoms with Gasteiger partial charge in [0, 0.05) is 55.8 Å². The summed E-state index contributed by atoms with van der Waals surface area (Å²) >= 11 is 0. The number of hydrogen-bond donors (Lipinski definition) is 0. The van der Waals surface area contributed by atoms with Crippen LogP contribution in [0.5, 0.6) is 0 Å². The van der Waals surface area contributed by atoms with Crippen molar-refractivity contribution in [1.82, 2.24) is 9.13 Å². The van der Waals surface area contributed by atoms with E-state index in [9.17, 15) is 11.8 Å². The maximum Gasteiger partial charge on any atom is 0.247 e. The minimum absolute atomic E-state index is 0.0913. The molecule has 2 aromatic heterocycles. The van der Waals surface area contributed by atoms with Gasteiger partial charge in [0.1, 0.15) is 0 Å². The van der Waals surface area contributed by atoms with E-state index in [0.717, 1.165) is 178 Å². The SMILES string of the molecule is [C-]#[N+]c1ccccc1-c1cc(-c2ccc(C(C)(C)C)cc2)cc(-c2cccc(-c3ccccc3)c2)c1N1c2cc(-n3c4ccccc4c4ccccc43)ccc2B2c3ccc(-n4c5ccccc5c5ccccc54)cc3C(c3c(-c4cccc(-c5ccccc5)c4)cc(-c4ccc(C(C)(C)C)cc4)cc3-c3ccccc3C#N)c3cc(-c4ccccc4)cc1c32. The molecule has 125 heavy (non-hydrogen) atoms. The summed E-state index contributed by atoms with van der Waals surface area (Å²) in [6.07, 6.45) is 0. The Morgan fingerprint density at radius 2 is 0.712 bits per heavy atom. The van der Waals surface area contributed by atoms with Gasteiger partial charge >= 0.3 is 0 Å². The normalized spacial score (nSPS) is 12.9. The van der Waals surface area contributed by atoms with Crippen molar-refractivity contribution in [3.8, 4) is 118 Å². The molecule has 0 spiro atoms. The van der Waals surface area contributed by atoms with Crippen LogP contribution in [0.25, 0.3) is 160 Å². The fourth-order valence-corrected chi connectivity index (χ4v) is 20.2. The van der Waals surface area contributed by atoms with Gasteiger partial charge in [-0.15, -0.1) is 0 Å². The lowest BCUT2D eigenvalue weighted by Gasteiger charge is -2.45. The van der Waals surface area contributed by atoms with Gasteiger partial charge in [-0.25, -0.2) is 4.85 Å². The topological polar surface area (TPSA) is 41.2 Å². The van der Waals surface area contributed by atoms with Gasteiger partial charge in [-0.1, -0.05) is 356 Å². The van der Waals surface area contributed by atoms with Crippen molar-refractivity contribution in [2.24, 2.45) is 0 Å². The first-order chi connectivity index (χ1) is 61.2. The van der Waals surface area contributed by atoms with Crippen LogP contribution < -0.4 is 21.3 Å². The Kier molecular flexibility index (Phi) is 18.3. The highest BCUT2D eigenvalue weighted by atomic mass is 15.2. The van der Waals surface area contributed by atoms with E-state index in [-0.39, 0.29) is 10.8 Å². The minimum Gasteiger partial charge on any atom is -0.310 e. The second kappa shape index (κ2) is 30.2. The average Bonchev–Trinajstić information content (AvgIpc) is 1.57. The van der Waals surface area contributed by atoms with Crippen LogP contribution in [0.1, 0.15) is 80.8 Å². The number of benzene rings is 18. The van der Waals surface area contributed by atoms with Gasteiger partial charge in [0.15, 0.2) is 5.69 Å². The molecule has 4 heterocycles. The van der Waals surface area contributed by atoms with Gasteiger partial charge in [0.2, 0.25) is 6.71 Å². The van der Waals surface area contributed by atoms with E-state index >= 15 is 0 Å². The van der Waals surface area contributed by atoms with E-state index in [1.807, 2.05) is 24.3 Å². The molecular formula is C119H86BN5. The number of hydrogen-bond acceptors (Lipinski definition) is 2. The van der Waals surface area contributed by atoms with Crippen molar-refractivity contribution in [3.05, 3.63) is 451 Å². The molecule has 6 heteroatoms. The first-order valence-corrected chi connectivity index (χ1v) is 43.3. The fourth-order valence-electron chi connectivity index (χ4n) is 20.2. The van der Waals surface area contributed by atoms with E-state index < -0.39 is 12.6 Å². The molecule has 0 bridgehead atoms. The number of anilines is 3. The quantitative estimate of drug-likeness (QED) is 0.0853. The molecule has 2 aliphatic heterocycles. The highest BCUT2D eigenvalue weighted by Crippen LogP contribution is 2.56. The Bertz CT molecular complexity index is 7270. The van der Waals surface area contributed by atoms with E-state index in [1.165, 1.54) is 38.1 Å². The maximum absolute atomic E-state index is 11.9. The number of aromatic nitrogens is 2. The van der Waals surface area contributed by atoms with Crippen LogP contribution in [0.3, 0.4) is 0 Å². The van der Waals surface area contributed by atoms with Gasteiger partial charge in [-0.05, 0) is 241 Å². The average molecular weight is 1600 g/mol. The van der Waals surface area contributed by atoms with Gasteiger partial charge < -0.3 is 14.0 Å². The number of fused-ring (bicyclic) bond motifs is 10. The molecule has 0 fully saturated rings. The van der Waals surface area contributed by atoms with Gasteiger partial charge in [-0.3, -0.25) is 0 Å². The monoisotopic (exact) mass is 1600 g/mol. The van der Waals surface area contributed by atoms with E-state index in [4.69, 9.17) is 0 Å². The van der Waals surface area contributed by atoms with Gasteiger partial charge in [0.25, 0.3) is 0 Å². The van der Waals surface area contributed by atoms with Crippen molar-refractivity contribution in [2.45, 2.75) is 58.3 Å². The third-order valence-electron chi connectivity index (χ3n) is 26.3. The third kappa shape index (κ3) is 12.9. The molecule has 0 amide bonds. The second-order valence-electron chi connectivity index (χ2n) is 35.6. The van der Waals surface area contributed by atoms with E-state index in [1.54, 1.807) is 0 Å². The summed E-state index contributed by atoms with van der Waals surface area (Å²) in [4.78, 5) is 7.15. The summed E-state index contributed by atoms with van der Waals surface area (Å²) in [6.45, 7) is 22.6. The van der Waals surface area contributed by atoms with Crippen LogP contribution in [0.2, 0.25) is 0 Å². The lowest BCUT2D eigenvalue weighted by Crippen LogP contribution is -2.62. The third-order valence-corrected chi connectivity index (χ3v) is 26.3. The molecule has 22 rings (SSSR count). The molecule has 0 aliphatic carbocycles. The maximum atomic E-state index is 11.9. The van der Waals surface area contributed by atoms with Crippen molar-refractivity contribution in [1.29, 1.82) is 5.26 Å². The van der Waals surface area contributed by atoms with Crippen LogP contribution in [0, 0.1) is 17.9 Å². The first kappa shape index (κ1) is 75.6. The summed E-state index contributed by atoms with van der Waals surface area (Å²) in [5, 5.41) is 16.6. The summed E-state index contributed by atoms with van der Waals surface area (Å²) in [5.41, 5.74) is 38.0. The number of rotatable bonds is 13. The lowest BCUT2D eigenvalue weighted by atomic mass is 9.31. The van der Waals surface area contributed by atoms with E-state index in [2.05, 4.69) is 449 Å². The largest absolute Gasteiger partial charge is 0.310 e. The predicted octanol–water partition coefficient (Wildman–Crippen LogP) is 29.7. The van der Waals surface area contributed by atoms with Crippen molar-refractivity contribution >= 4 is 89.5 Å². The molecule has 0 saturated heterocycles. The molecule has 5 nitrogen and oxygen atoms in total. The molecule has 0 saturated carbocycles. The van der Waals surface area contributed by atoms with Crippen LogP contribution in [0.4, 0.5) is 22.7 Å². The predicted molar refractivity (Wildman–Crippen MR) is 526 cm³/mol. The molecule has 18 aromatic carbocycles. The zero-order valence-electron chi connectivity index (χ0n) is 70.6. The Labute approximate surface area is 730 Å². The van der Waals surface area contributed by atoms with Crippen LogP contribution in [0.15, 0.2) is 406 Å². The Morgan fingerprint density at radius 1 is 0.304 bits per heavy atom. The summed E-state index contributed by atoms with van der Waals surface area (Å²) < 4.78 is 4.95. The molecular weight excluding hydrogens is 1510 g/mol. The highest BCUT2D eigenvalue weighted by molar-refractivity contribution is 6.99. The molecule has 2 aliphatic rings. The first-order valence-electron chi connectivity index (χ1n) is 43.3. The van der Waals surface area contributed by atoms with E-state index in [0.29, 0.717) is 11.3 Å². The highest BCUT2D eigenvalue weighted by Gasteiger charge is 2.47. The number of para-hydroxylation sites is 5. The molecule has 0 radical (unpaired) electrons. The summed E-state index contributed by atoms with van der Waals surface area (Å²) in [7, 11) is 0. The zero-order chi connectivity index (χ0) is 84.3. The number of nitrogens with zero attached hydrogens (tertiary/aromatic N) is 5.